The molecule has 1 fully saturated rings. The van der Waals surface area contributed by atoms with E-state index in [0.717, 1.165) is 51.8 Å². The van der Waals surface area contributed by atoms with Crippen LogP contribution in [0.2, 0.25) is 0 Å². The maximum absolute atomic E-state index is 13.8. The summed E-state index contributed by atoms with van der Waals surface area (Å²) in [4.78, 5) is 28.7. The monoisotopic (exact) mass is 593 g/mol. The first kappa shape index (κ1) is 29.0. The van der Waals surface area contributed by atoms with Crippen LogP contribution < -0.4 is 14.4 Å². The number of rotatable bonds is 11. The molecule has 0 bridgehead atoms. The predicted octanol–water partition coefficient (Wildman–Crippen LogP) is 4.40. The van der Waals surface area contributed by atoms with Gasteiger partial charge in [-0.3, -0.25) is 13.9 Å². The molecule has 1 aliphatic rings. The molecule has 0 spiro atoms. The molecule has 0 radical (unpaired) electrons. The Labute approximate surface area is 228 Å². The standard InChI is InChI=1S/C27H36BrN3O5S/c1-5-25(27(33)29-21-10-6-7-11-21)30(17-20-9-8-12-23(16-20)36-3)26(32)18-31(37(4,34)35)22-13-14-24(28)19(2)15-22/h8-9,12-16,21,25H,5-7,10-11,17-18H2,1-4H3,(H,29,33)/t25-/m1/s1. The van der Waals surface area contributed by atoms with E-state index in [0.29, 0.717) is 17.9 Å². The number of sulfonamides is 1. The second-order valence-corrected chi connectivity index (χ2v) is 12.3. The highest BCUT2D eigenvalue weighted by Gasteiger charge is 2.33. The minimum atomic E-state index is -3.78. The zero-order valence-corrected chi connectivity index (χ0v) is 24.3. The Bertz CT molecular complexity index is 1210. The fraction of sp³-hybridized carbons (Fsp3) is 0.481. The highest BCUT2D eigenvalue weighted by molar-refractivity contribution is 9.10. The Morgan fingerprint density at radius 3 is 2.46 bits per heavy atom. The third kappa shape index (κ3) is 7.70. The van der Waals surface area contributed by atoms with E-state index < -0.39 is 28.5 Å². The largest absolute Gasteiger partial charge is 0.497 e. The third-order valence-electron chi connectivity index (χ3n) is 6.68. The van der Waals surface area contributed by atoms with E-state index in [-0.39, 0.29) is 18.5 Å². The van der Waals surface area contributed by atoms with Crippen molar-refractivity contribution >= 4 is 43.5 Å². The Morgan fingerprint density at radius 2 is 1.86 bits per heavy atom. The van der Waals surface area contributed by atoms with E-state index in [4.69, 9.17) is 4.74 Å². The van der Waals surface area contributed by atoms with Crippen molar-refractivity contribution in [3.8, 4) is 5.75 Å². The first-order valence-electron chi connectivity index (χ1n) is 12.5. The highest BCUT2D eigenvalue weighted by atomic mass is 79.9. The molecule has 2 amide bonds. The smallest absolute Gasteiger partial charge is 0.244 e. The number of halogens is 1. The first-order chi connectivity index (χ1) is 17.5. The number of hydrogen-bond acceptors (Lipinski definition) is 5. The lowest BCUT2D eigenvalue weighted by molar-refractivity contribution is -0.140. The van der Waals surface area contributed by atoms with Crippen molar-refractivity contribution in [2.45, 2.75) is 64.6 Å². The van der Waals surface area contributed by atoms with Crippen LogP contribution in [-0.4, -0.2) is 57.1 Å². The van der Waals surface area contributed by atoms with E-state index in [2.05, 4.69) is 21.2 Å². The van der Waals surface area contributed by atoms with Crippen LogP contribution in [0.1, 0.15) is 50.2 Å². The molecule has 0 aliphatic heterocycles. The van der Waals surface area contributed by atoms with Gasteiger partial charge in [0.15, 0.2) is 0 Å². The van der Waals surface area contributed by atoms with Gasteiger partial charge in [0.05, 0.1) is 19.1 Å². The summed E-state index contributed by atoms with van der Waals surface area (Å²) in [5.41, 5.74) is 2.01. The third-order valence-corrected chi connectivity index (χ3v) is 8.71. The number of ether oxygens (including phenoxy) is 1. The SMILES string of the molecule is CC[C@H](C(=O)NC1CCCC1)N(Cc1cccc(OC)c1)C(=O)CN(c1ccc(Br)c(C)c1)S(C)(=O)=O. The van der Waals surface area contributed by atoms with Crippen LogP contribution in [0.5, 0.6) is 5.75 Å². The number of carbonyl (C=O) groups is 2. The molecule has 10 heteroatoms. The van der Waals surface area contributed by atoms with Gasteiger partial charge in [-0.05, 0) is 67.6 Å². The normalized spacial score (nSPS) is 14.7. The maximum Gasteiger partial charge on any atom is 0.244 e. The molecule has 0 heterocycles. The average molecular weight is 595 g/mol. The number of nitrogens with one attached hydrogen (secondary N) is 1. The number of methoxy groups -OCH3 is 1. The van der Waals surface area contributed by atoms with E-state index in [9.17, 15) is 18.0 Å². The van der Waals surface area contributed by atoms with Gasteiger partial charge in [-0.25, -0.2) is 8.42 Å². The second kappa shape index (κ2) is 12.8. The molecule has 202 valence electrons. The van der Waals surface area contributed by atoms with Crippen LogP contribution in [0.4, 0.5) is 5.69 Å². The molecule has 0 unspecified atom stereocenters. The van der Waals surface area contributed by atoms with Gasteiger partial charge in [0.2, 0.25) is 21.8 Å². The molecule has 1 atom stereocenters. The average Bonchev–Trinajstić information content (AvgIpc) is 3.36. The Hall–Kier alpha value is -2.59. The van der Waals surface area contributed by atoms with Gasteiger partial charge in [-0.1, -0.05) is 47.8 Å². The van der Waals surface area contributed by atoms with Crippen LogP contribution in [-0.2, 0) is 26.2 Å². The Balaban J connectivity index is 1.94. The van der Waals surface area contributed by atoms with Crippen LogP contribution in [0.25, 0.3) is 0 Å². The van der Waals surface area contributed by atoms with Gasteiger partial charge >= 0.3 is 0 Å². The minimum absolute atomic E-state index is 0.105. The summed E-state index contributed by atoms with van der Waals surface area (Å²) in [6, 6.07) is 11.8. The Morgan fingerprint density at radius 1 is 1.16 bits per heavy atom. The van der Waals surface area contributed by atoms with Crippen molar-refractivity contribution in [3.63, 3.8) is 0 Å². The van der Waals surface area contributed by atoms with Crippen molar-refractivity contribution < 1.29 is 22.7 Å². The highest BCUT2D eigenvalue weighted by Crippen LogP contribution is 2.26. The zero-order valence-electron chi connectivity index (χ0n) is 21.9. The number of aryl methyl sites for hydroxylation is 1. The van der Waals surface area contributed by atoms with Crippen molar-refractivity contribution in [1.29, 1.82) is 0 Å². The quantitative estimate of drug-likeness (QED) is 0.416. The second-order valence-electron chi connectivity index (χ2n) is 9.49. The predicted molar refractivity (Wildman–Crippen MR) is 149 cm³/mol. The number of carbonyl (C=O) groups excluding carboxylic acids is 2. The molecule has 1 N–H and O–H groups in total. The minimum Gasteiger partial charge on any atom is -0.497 e. The van der Waals surface area contributed by atoms with Crippen LogP contribution in [0.15, 0.2) is 46.9 Å². The molecular formula is C27H36BrN3O5S. The van der Waals surface area contributed by atoms with Gasteiger partial charge in [0.25, 0.3) is 0 Å². The summed E-state index contributed by atoms with van der Waals surface area (Å²) in [6.45, 7) is 3.43. The van der Waals surface area contributed by atoms with Crippen LogP contribution >= 0.6 is 15.9 Å². The van der Waals surface area contributed by atoms with Gasteiger partial charge in [-0.15, -0.1) is 0 Å². The van der Waals surface area contributed by atoms with E-state index in [1.54, 1.807) is 31.4 Å². The van der Waals surface area contributed by atoms with E-state index >= 15 is 0 Å². The molecule has 0 saturated heterocycles. The van der Waals surface area contributed by atoms with Gasteiger partial charge in [0.1, 0.15) is 18.3 Å². The lowest BCUT2D eigenvalue weighted by atomic mass is 10.1. The summed E-state index contributed by atoms with van der Waals surface area (Å²) in [6.07, 6.45) is 5.47. The molecule has 1 saturated carbocycles. The molecule has 37 heavy (non-hydrogen) atoms. The van der Waals surface area contributed by atoms with Crippen molar-refractivity contribution in [2.24, 2.45) is 0 Å². The lowest BCUT2D eigenvalue weighted by Crippen LogP contribution is -2.53. The van der Waals surface area contributed by atoms with Crippen molar-refractivity contribution in [3.05, 3.63) is 58.1 Å². The van der Waals surface area contributed by atoms with Gasteiger partial charge in [0, 0.05) is 17.1 Å². The number of nitrogens with zero attached hydrogens (tertiary/aromatic N) is 2. The molecule has 2 aromatic carbocycles. The molecule has 0 aromatic heterocycles. The number of amides is 2. The molecular weight excluding hydrogens is 558 g/mol. The fourth-order valence-electron chi connectivity index (χ4n) is 4.65. The number of benzene rings is 2. The lowest BCUT2D eigenvalue weighted by Gasteiger charge is -2.33. The van der Waals surface area contributed by atoms with Crippen molar-refractivity contribution in [1.82, 2.24) is 10.2 Å². The Kier molecular flexibility index (Phi) is 10.0. The first-order valence-corrected chi connectivity index (χ1v) is 15.1. The molecule has 3 rings (SSSR count). The number of anilines is 1. The van der Waals surface area contributed by atoms with E-state index in [1.807, 2.05) is 32.0 Å². The molecule has 2 aromatic rings. The zero-order chi connectivity index (χ0) is 27.2. The van der Waals surface area contributed by atoms with Crippen molar-refractivity contribution in [2.75, 3.05) is 24.2 Å². The summed E-state index contributed by atoms with van der Waals surface area (Å²) in [5, 5.41) is 3.11. The van der Waals surface area contributed by atoms with Gasteiger partial charge < -0.3 is 15.0 Å². The topological polar surface area (TPSA) is 96.0 Å². The molecule has 1 aliphatic carbocycles. The fourth-order valence-corrected chi connectivity index (χ4v) is 5.74. The summed E-state index contributed by atoms with van der Waals surface area (Å²) < 4.78 is 32.8. The summed E-state index contributed by atoms with van der Waals surface area (Å²) in [7, 11) is -2.22. The van der Waals surface area contributed by atoms with E-state index in [1.165, 1.54) is 4.90 Å². The summed E-state index contributed by atoms with van der Waals surface area (Å²) in [5.74, 6) is -0.0327. The molecule has 8 nitrogen and oxygen atoms in total. The summed E-state index contributed by atoms with van der Waals surface area (Å²) >= 11 is 3.43. The number of hydrogen-bond donors (Lipinski definition) is 1. The van der Waals surface area contributed by atoms with Crippen LogP contribution in [0, 0.1) is 6.92 Å². The van der Waals surface area contributed by atoms with Gasteiger partial charge in [-0.2, -0.15) is 0 Å². The maximum atomic E-state index is 13.8. The van der Waals surface area contributed by atoms with Crippen LogP contribution in [0.3, 0.4) is 0 Å².